The van der Waals surface area contributed by atoms with Gasteiger partial charge < -0.3 is 5.32 Å². The molecule has 2 aromatic rings. The number of thioether (sulfide) groups is 1. The molecule has 1 unspecified atom stereocenters. The third-order valence-corrected chi connectivity index (χ3v) is 7.35. The van der Waals surface area contributed by atoms with Crippen molar-refractivity contribution in [2.24, 2.45) is 5.92 Å². The molecule has 3 rings (SSSR count). The second-order valence-corrected chi connectivity index (χ2v) is 10.5. The van der Waals surface area contributed by atoms with Crippen LogP contribution < -0.4 is 10.0 Å². The summed E-state index contributed by atoms with van der Waals surface area (Å²) < 4.78 is 41.5. The van der Waals surface area contributed by atoms with Gasteiger partial charge in [0, 0.05) is 18.7 Å². The van der Waals surface area contributed by atoms with Crippen LogP contribution in [0.2, 0.25) is 0 Å². The molecule has 0 spiro atoms. The number of sulfonamides is 1. The Labute approximate surface area is 201 Å². The summed E-state index contributed by atoms with van der Waals surface area (Å²) in [5, 5.41) is 2.04. The summed E-state index contributed by atoms with van der Waals surface area (Å²) in [5.74, 6) is -2.04. The van der Waals surface area contributed by atoms with E-state index in [1.807, 2.05) is 0 Å². The monoisotopic (exact) mass is 505 g/mol. The fourth-order valence-electron chi connectivity index (χ4n) is 3.15. The smallest absolute Gasteiger partial charge is 0.293 e. The topological polar surface area (TPSA) is 113 Å². The summed E-state index contributed by atoms with van der Waals surface area (Å²) in [6, 6.07) is 12.5. The molecule has 0 aliphatic carbocycles. The number of benzene rings is 2. The van der Waals surface area contributed by atoms with Gasteiger partial charge in [-0.1, -0.05) is 50.2 Å². The Bertz CT molecular complexity index is 1220. The molecule has 3 amide bonds. The number of hydrogen-bond acceptors (Lipinski definition) is 6. The van der Waals surface area contributed by atoms with E-state index in [9.17, 15) is 27.2 Å². The van der Waals surface area contributed by atoms with Crippen molar-refractivity contribution in [2.75, 3.05) is 13.1 Å². The average molecular weight is 506 g/mol. The predicted molar refractivity (Wildman–Crippen MR) is 127 cm³/mol. The standard InChI is InChI=1S/C23H24FN3O5S2/c1-15(2)20(26-34(31,32)17-9-4-3-5-10-17)21(28)25-12-13-27-22(29)19(33-23(27)30)14-16-8-6-7-11-18(16)24/h3-11,14-15,20,26H,12-13H2,1-2H3,(H,25,28)/b19-14-. The first-order valence-electron chi connectivity index (χ1n) is 10.4. The van der Waals surface area contributed by atoms with Crippen LogP contribution in [0, 0.1) is 11.7 Å². The Balaban J connectivity index is 1.61. The molecule has 1 aliphatic heterocycles. The Morgan fingerprint density at radius 3 is 2.38 bits per heavy atom. The highest BCUT2D eigenvalue weighted by Crippen LogP contribution is 2.32. The molecule has 2 N–H and O–H groups in total. The number of halogens is 1. The van der Waals surface area contributed by atoms with Crippen LogP contribution in [0.1, 0.15) is 19.4 Å². The van der Waals surface area contributed by atoms with Gasteiger partial charge in [-0.15, -0.1) is 0 Å². The summed E-state index contributed by atoms with van der Waals surface area (Å²) in [7, 11) is -3.92. The highest BCUT2D eigenvalue weighted by atomic mass is 32.2. The Morgan fingerprint density at radius 2 is 1.74 bits per heavy atom. The molecule has 0 bridgehead atoms. The molecule has 1 atom stereocenters. The molecule has 1 fully saturated rings. The van der Waals surface area contributed by atoms with Crippen LogP contribution in [-0.4, -0.2) is 49.5 Å². The maximum absolute atomic E-state index is 13.9. The molecule has 0 aromatic heterocycles. The summed E-state index contributed by atoms with van der Waals surface area (Å²) in [5.41, 5.74) is 0.187. The number of hydrogen-bond donors (Lipinski definition) is 2. The van der Waals surface area contributed by atoms with Crippen LogP contribution >= 0.6 is 11.8 Å². The van der Waals surface area contributed by atoms with Gasteiger partial charge >= 0.3 is 0 Å². The Kier molecular flexibility index (Phi) is 8.24. The molecule has 0 radical (unpaired) electrons. The lowest BCUT2D eigenvalue weighted by Crippen LogP contribution is -2.50. The predicted octanol–water partition coefficient (Wildman–Crippen LogP) is 2.98. The van der Waals surface area contributed by atoms with Gasteiger partial charge in [0.05, 0.1) is 9.80 Å². The molecule has 1 saturated heterocycles. The molecule has 8 nitrogen and oxygen atoms in total. The number of rotatable bonds is 9. The van der Waals surface area contributed by atoms with Crippen molar-refractivity contribution in [1.29, 1.82) is 0 Å². The fourth-order valence-corrected chi connectivity index (χ4v) is 5.38. The van der Waals surface area contributed by atoms with E-state index in [-0.39, 0.29) is 34.4 Å². The number of amides is 3. The summed E-state index contributed by atoms with van der Waals surface area (Å²) in [6.45, 7) is 3.21. The molecular formula is C23H24FN3O5S2. The number of nitrogens with one attached hydrogen (secondary N) is 2. The van der Waals surface area contributed by atoms with Crippen molar-refractivity contribution >= 4 is 44.9 Å². The van der Waals surface area contributed by atoms with Gasteiger partial charge in [0.1, 0.15) is 11.9 Å². The van der Waals surface area contributed by atoms with Crippen LogP contribution in [0.25, 0.3) is 6.08 Å². The molecule has 180 valence electrons. The van der Waals surface area contributed by atoms with Crippen LogP contribution in [-0.2, 0) is 19.6 Å². The molecule has 2 aromatic carbocycles. The third-order valence-electron chi connectivity index (χ3n) is 4.98. The summed E-state index contributed by atoms with van der Waals surface area (Å²) >= 11 is 0.688. The van der Waals surface area contributed by atoms with E-state index in [1.165, 1.54) is 36.4 Å². The van der Waals surface area contributed by atoms with Crippen molar-refractivity contribution in [3.8, 4) is 0 Å². The zero-order chi connectivity index (χ0) is 24.9. The normalized spacial score (nSPS) is 16.4. The van der Waals surface area contributed by atoms with E-state index in [1.54, 1.807) is 38.1 Å². The second-order valence-electron chi connectivity index (χ2n) is 7.80. The first-order valence-corrected chi connectivity index (χ1v) is 12.7. The average Bonchev–Trinajstić information content (AvgIpc) is 3.06. The van der Waals surface area contributed by atoms with Crippen LogP contribution in [0.15, 0.2) is 64.4 Å². The maximum Gasteiger partial charge on any atom is 0.293 e. The van der Waals surface area contributed by atoms with E-state index in [0.717, 1.165) is 4.90 Å². The van der Waals surface area contributed by atoms with E-state index >= 15 is 0 Å². The molecule has 1 heterocycles. The minimum absolute atomic E-state index is 0.0351. The molecule has 11 heteroatoms. The molecular weight excluding hydrogens is 481 g/mol. The maximum atomic E-state index is 13.9. The van der Waals surface area contributed by atoms with Gasteiger partial charge in [-0.3, -0.25) is 19.3 Å². The number of carbonyl (C=O) groups is 3. The Hall–Kier alpha value is -3.02. The van der Waals surface area contributed by atoms with Gasteiger partial charge in [0.25, 0.3) is 11.1 Å². The quantitative estimate of drug-likeness (QED) is 0.507. The van der Waals surface area contributed by atoms with Crippen molar-refractivity contribution in [2.45, 2.75) is 24.8 Å². The zero-order valence-electron chi connectivity index (χ0n) is 18.5. The number of carbonyl (C=O) groups excluding carboxylic acids is 3. The largest absolute Gasteiger partial charge is 0.353 e. The fraction of sp³-hybridized carbons (Fsp3) is 0.261. The van der Waals surface area contributed by atoms with Gasteiger partial charge in [-0.05, 0) is 42.0 Å². The zero-order valence-corrected chi connectivity index (χ0v) is 20.2. The van der Waals surface area contributed by atoms with Crippen molar-refractivity contribution in [3.63, 3.8) is 0 Å². The van der Waals surface area contributed by atoms with E-state index in [0.29, 0.717) is 11.8 Å². The van der Waals surface area contributed by atoms with Crippen molar-refractivity contribution in [3.05, 3.63) is 70.9 Å². The van der Waals surface area contributed by atoms with Gasteiger partial charge in [-0.25, -0.2) is 12.8 Å². The van der Waals surface area contributed by atoms with Gasteiger partial charge in [0.2, 0.25) is 15.9 Å². The molecule has 1 aliphatic rings. The highest BCUT2D eigenvalue weighted by Gasteiger charge is 2.35. The third kappa shape index (κ3) is 6.10. The summed E-state index contributed by atoms with van der Waals surface area (Å²) in [4.78, 5) is 38.6. The van der Waals surface area contributed by atoms with E-state index < -0.39 is 38.9 Å². The lowest BCUT2D eigenvalue weighted by atomic mass is 10.1. The second kappa shape index (κ2) is 10.9. The van der Waals surface area contributed by atoms with Gasteiger partial charge in [0.15, 0.2) is 0 Å². The lowest BCUT2D eigenvalue weighted by molar-refractivity contribution is -0.125. The molecule has 0 saturated carbocycles. The van der Waals surface area contributed by atoms with E-state index in [4.69, 9.17) is 0 Å². The first-order chi connectivity index (χ1) is 16.1. The minimum Gasteiger partial charge on any atom is -0.353 e. The first kappa shape index (κ1) is 25.6. The van der Waals surface area contributed by atoms with Crippen LogP contribution in [0.5, 0.6) is 0 Å². The van der Waals surface area contributed by atoms with Gasteiger partial charge in [-0.2, -0.15) is 4.72 Å². The summed E-state index contributed by atoms with van der Waals surface area (Å²) in [6.07, 6.45) is 1.31. The van der Waals surface area contributed by atoms with Crippen LogP contribution in [0.3, 0.4) is 0 Å². The lowest BCUT2D eigenvalue weighted by Gasteiger charge is -2.22. The van der Waals surface area contributed by atoms with Crippen molar-refractivity contribution in [1.82, 2.24) is 14.9 Å². The van der Waals surface area contributed by atoms with Crippen LogP contribution in [0.4, 0.5) is 9.18 Å². The molecule has 34 heavy (non-hydrogen) atoms. The number of imide groups is 1. The van der Waals surface area contributed by atoms with E-state index in [2.05, 4.69) is 10.0 Å². The SMILES string of the molecule is CC(C)C(NS(=O)(=O)c1ccccc1)C(=O)NCCN1C(=O)S/C(=C\c2ccccc2F)C1=O. The Morgan fingerprint density at radius 1 is 1.09 bits per heavy atom. The minimum atomic E-state index is -3.92. The van der Waals surface area contributed by atoms with Crippen molar-refractivity contribution < 1.29 is 27.2 Å². The number of nitrogens with zero attached hydrogens (tertiary/aromatic N) is 1. The highest BCUT2D eigenvalue weighted by molar-refractivity contribution is 8.18.